The lowest BCUT2D eigenvalue weighted by atomic mass is 9.86. The average molecular weight is 163 g/mol. The van der Waals surface area contributed by atoms with E-state index in [4.69, 9.17) is 0 Å². The van der Waals surface area contributed by atoms with Crippen LogP contribution in [0.1, 0.15) is 27.2 Å². The van der Waals surface area contributed by atoms with E-state index in [2.05, 4.69) is 38.4 Å². The molecule has 1 heterocycles. The molecule has 0 aromatic heterocycles. The minimum Gasteiger partial charge on any atom is -0.285 e. The molecule has 0 unspecified atom stereocenters. The van der Waals surface area contributed by atoms with Gasteiger partial charge in [0.25, 0.3) is 0 Å². The van der Waals surface area contributed by atoms with Gasteiger partial charge in [0.15, 0.2) is 0 Å². The molecular formula is C11H17N. The topological polar surface area (TPSA) is 12.4 Å². The zero-order chi connectivity index (χ0) is 9.19. The SMILES string of the molecule is C=CCC1=NCC(C(C)(C)C)=C1. The molecule has 0 spiro atoms. The highest BCUT2D eigenvalue weighted by Gasteiger charge is 2.19. The predicted molar refractivity (Wildman–Crippen MR) is 54.7 cm³/mol. The molecule has 1 rings (SSSR count). The molecule has 0 N–H and O–H groups in total. The molecule has 0 fully saturated rings. The lowest BCUT2D eigenvalue weighted by Crippen LogP contribution is -2.09. The van der Waals surface area contributed by atoms with E-state index in [1.807, 2.05) is 6.08 Å². The van der Waals surface area contributed by atoms with Gasteiger partial charge < -0.3 is 0 Å². The highest BCUT2D eigenvalue weighted by molar-refractivity contribution is 5.98. The molecule has 0 radical (unpaired) electrons. The van der Waals surface area contributed by atoms with Crippen molar-refractivity contribution in [2.24, 2.45) is 10.4 Å². The minimum absolute atomic E-state index is 0.270. The van der Waals surface area contributed by atoms with Crippen LogP contribution in [-0.2, 0) is 0 Å². The minimum atomic E-state index is 0.270. The van der Waals surface area contributed by atoms with Crippen LogP contribution in [0.2, 0.25) is 0 Å². The summed E-state index contributed by atoms with van der Waals surface area (Å²) in [5.41, 5.74) is 2.88. The van der Waals surface area contributed by atoms with E-state index in [9.17, 15) is 0 Å². The van der Waals surface area contributed by atoms with E-state index in [0.29, 0.717) is 0 Å². The molecular weight excluding hydrogens is 146 g/mol. The fourth-order valence-electron chi connectivity index (χ4n) is 1.20. The lowest BCUT2D eigenvalue weighted by Gasteiger charge is -2.18. The van der Waals surface area contributed by atoms with E-state index >= 15 is 0 Å². The number of rotatable bonds is 2. The zero-order valence-electron chi connectivity index (χ0n) is 8.22. The number of allylic oxidation sites excluding steroid dienone is 2. The Kier molecular flexibility index (Phi) is 2.51. The van der Waals surface area contributed by atoms with Gasteiger partial charge in [-0.05, 0) is 17.1 Å². The van der Waals surface area contributed by atoms with Gasteiger partial charge in [0.1, 0.15) is 0 Å². The summed E-state index contributed by atoms with van der Waals surface area (Å²) in [6.07, 6.45) is 5.02. The normalized spacial score (nSPS) is 17.2. The van der Waals surface area contributed by atoms with Crippen molar-refractivity contribution in [1.29, 1.82) is 0 Å². The maximum absolute atomic E-state index is 4.43. The number of hydrogen-bond donors (Lipinski definition) is 0. The van der Waals surface area contributed by atoms with Crippen molar-refractivity contribution < 1.29 is 0 Å². The van der Waals surface area contributed by atoms with Crippen molar-refractivity contribution >= 4 is 5.71 Å². The van der Waals surface area contributed by atoms with Gasteiger partial charge in [0.05, 0.1) is 6.54 Å². The highest BCUT2D eigenvalue weighted by Crippen LogP contribution is 2.28. The van der Waals surface area contributed by atoms with Gasteiger partial charge in [-0.15, -0.1) is 6.58 Å². The predicted octanol–water partition coefficient (Wildman–Crippen LogP) is 2.99. The van der Waals surface area contributed by atoms with Gasteiger partial charge in [0, 0.05) is 12.1 Å². The average Bonchev–Trinajstić information content (AvgIpc) is 2.35. The standard InChI is InChI=1S/C11H17N/c1-5-6-10-7-9(8-12-10)11(2,3)4/h5,7H,1,6,8H2,2-4H3. The van der Waals surface area contributed by atoms with Crippen molar-refractivity contribution in [3.63, 3.8) is 0 Å². The summed E-state index contributed by atoms with van der Waals surface area (Å²) in [6, 6.07) is 0. The Balaban J connectivity index is 2.66. The first-order chi connectivity index (χ1) is 5.54. The Labute approximate surface area is 74.9 Å². The Hall–Kier alpha value is -0.850. The molecule has 1 aliphatic rings. The molecule has 1 aliphatic heterocycles. The molecule has 12 heavy (non-hydrogen) atoms. The summed E-state index contributed by atoms with van der Waals surface area (Å²) in [6.45, 7) is 11.3. The van der Waals surface area contributed by atoms with Crippen LogP contribution in [0.5, 0.6) is 0 Å². The van der Waals surface area contributed by atoms with E-state index < -0.39 is 0 Å². The first-order valence-electron chi connectivity index (χ1n) is 4.39. The van der Waals surface area contributed by atoms with Crippen LogP contribution < -0.4 is 0 Å². The van der Waals surface area contributed by atoms with Crippen LogP contribution in [0.3, 0.4) is 0 Å². The van der Waals surface area contributed by atoms with Crippen LogP contribution in [0, 0.1) is 5.41 Å². The smallest absolute Gasteiger partial charge is 0.0611 e. The first-order valence-corrected chi connectivity index (χ1v) is 4.39. The molecule has 1 heteroatoms. The molecule has 0 atom stereocenters. The van der Waals surface area contributed by atoms with Crippen molar-refractivity contribution in [2.45, 2.75) is 27.2 Å². The molecule has 0 amide bonds. The molecule has 0 bridgehead atoms. The highest BCUT2D eigenvalue weighted by atomic mass is 14.8. The molecule has 1 nitrogen and oxygen atoms in total. The van der Waals surface area contributed by atoms with Gasteiger partial charge in [-0.3, -0.25) is 4.99 Å². The fraction of sp³-hybridized carbons (Fsp3) is 0.545. The van der Waals surface area contributed by atoms with Crippen LogP contribution in [-0.4, -0.2) is 12.3 Å². The van der Waals surface area contributed by atoms with E-state index in [1.54, 1.807) is 0 Å². The second-order valence-electron chi connectivity index (χ2n) is 4.22. The third kappa shape index (κ3) is 2.07. The van der Waals surface area contributed by atoms with Crippen LogP contribution >= 0.6 is 0 Å². The lowest BCUT2D eigenvalue weighted by molar-refractivity contribution is 0.499. The number of nitrogens with zero attached hydrogens (tertiary/aromatic N) is 1. The summed E-state index contributed by atoms with van der Waals surface area (Å²) >= 11 is 0. The Bertz CT molecular complexity index is 238. The molecule has 0 aromatic carbocycles. The van der Waals surface area contributed by atoms with E-state index in [1.165, 1.54) is 11.3 Å². The zero-order valence-corrected chi connectivity index (χ0v) is 8.22. The number of aliphatic imine (C=N–C) groups is 1. The van der Waals surface area contributed by atoms with Crippen molar-refractivity contribution in [2.75, 3.05) is 6.54 Å². The maximum atomic E-state index is 4.43. The third-order valence-electron chi connectivity index (χ3n) is 2.11. The van der Waals surface area contributed by atoms with Crippen molar-refractivity contribution in [1.82, 2.24) is 0 Å². The first kappa shape index (κ1) is 9.24. The second-order valence-corrected chi connectivity index (χ2v) is 4.22. The molecule has 0 saturated heterocycles. The Morgan fingerprint density at radius 2 is 2.25 bits per heavy atom. The van der Waals surface area contributed by atoms with Crippen molar-refractivity contribution in [3.05, 3.63) is 24.3 Å². The molecule has 66 valence electrons. The van der Waals surface area contributed by atoms with Gasteiger partial charge in [-0.2, -0.15) is 0 Å². The number of hydrogen-bond acceptors (Lipinski definition) is 1. The van der Waals surface area contributed by atoms with Crippen LogP contribution in [0.4, 0.5) is 0 Å². The monoisotopic (exact) mass is 163 g/mol. The summed E-state index contributed by atoms with van der Waals surface area (Å²) in [4.78, 5) is 4.43. The second kappa shape index (κ2) is 3.26. The third-order valence-corrected chi connectivity index (χ3v) is 2.11. The maximum Gasteiger partial charge on any atom is 0.0611 e. The van der Waals surface area contributed by atoms with Gasteiger partial charge >= 0.3 is 0 Å². The van der Waals surface area contributed by atoms with Gasteiger partial charge in [-0.25, -0.2) is 0 Å². The summed E-state index contributed by atoms with van der Waals surface area (Å²) in [7, 11) is 0. The largest absolute Gasteiger partial charge is 0.285 e. The van der Waals surface area contributed by atoms with Gasteiger partial charge in [-0.1, -0.05) is 26.8 Å². The summed E-state index contributed by atoms with van der Waals surface area (Å²) < 4.78 is 0. The van der Waals surface area contributed by atoms with Crippen molar-refractivity contribution in [3.8, 4) is 0 Å². The van der Waals surface area contributed by atoms with E-state index in [-0.39, 0.29) is 5.41 Å². The van der Waals surface area contributed by atoms with E-state index in [0.717, 1.165) is 13.0 Å². The van der Waals surface area contributed by atoms with Crippen LogP contribution in [0.25, 0.3) is 0 Å². The fourth-order valence-corrected chi connectivity index (χ4v) is 1.20. The Morgan fingerprint density at radius 3 is 2.67 bits per heavy atom. The quantitative estimate of drug-likeness (QED) is 0.555. The van der Waals surface area contributed by atoms with Crippen LogP contribution in [0.15, 0.2) is 29.3 Å². The molecule has 0 aromatic rings. The van der Waals surface area contributed by atoms with Gasteiger partial charge in [0.2, 0.25) is 0 Å². The molecule has 0 aliphatic carbocycles. The summed E-state index contributed by atoms with van der Waals surface area (Å²) in [5, 5.41) is 0. The summed E-state index contributed by atoms with van der Waals surface area (Å²) in [5.74, 6) is 0. The molecule has 0 saturated carbocycles. The Morgan fingerprint density at radius 1 is 1.58 bits per heavy atom.